The van der Waals surface area contributed by atoms with Crippen LogP contribution in [0.1, 0.15) is 89.4 Å². The van der Waals surface area contributed by atoms with E-state index in [1.165, 1.54) is 0 Å². The molecule has 0 saturated heterocycles. The summed E-state index contributed by atoms with van der Waals surface area (Å²) in [4.78, 5) is 133. The molecule has 32 nitrogen and oxygen atoms in total. The van der Waals surface area contributed by atoms with Gasteiger partial charge in [-0.05, 0) is 224 Å². The highest BCUT2D eigenvalue weighted by molar-refractivity contribution is 6.03. The van der Waals surface area contributed by atoms with Gasteiger partial charge in [0.1, 0.15) is 23.0 Å². The number of fused-ring (bicyclic) bond motifs is 8. The summed E-state index contributed by atoms with van der Waals surface area (Å²) in [7, 11) is 12.7. The maximum Gasteiger partial charge on any atom is 0.251 e. The van der Waals surface area contributed by atoms with E-state index in [1.807, 2.05) is 127 Å². The molecule has 0 fully saturated rings. The van der Waals surface area contributed by atoms with Crippen LogP contribution >= 0.6 is 0 Å². The van der Waals surface area contributed by atoms with Crippen LogP contribution in [0.15, 0.2) is 219 Å². The standard InChI is InChI=1S/4C24H21N5O3/c1-25-24(31)15-3-8-20-19(12-15)28-23(16-5-10-22(32-2)26-13-16)29(20)17-6-7-18-14(11-17)4-9-21(30)27-18;1-25-24(31)15-3-7-21-19(12-15)28-23(20-13-17(32-2)9-10-26-20)29(21)16-5-6-18-14(11-16)4-8-22(30)27-18;1-25-23(31)15-5-9-20-19(13-15)28-22(17-4-3-11-26-24(17)32-2)29(20)16-7-8-18-14(12-16)6-10-21(30)27-18;1-25-24(31)15-6-10-20-19(13-15)28-23(18-4-3-5-22(27-18)32-2)29(20)16-8-9-17-14(12-16)7-11-21(30)26-17/h3,5-8,10-13H,4,9H2,1-2H3,(H,25,31)(H,27,30);3,5-7,9-13H,4,8H2,1-2H3,(H,25,31)(H,27,30);3-5,7-9,11-13H,6,10H2,1-2H3,(H,25,31)(H,27,30);3-6,8-10,12-13H,7,11H2,1-2H3,(H,25,31)(H,26,30). The van der Waals surface area contributed by atoms with Crippen molar-refractivity contribution in [3.05, 3.63) is 263 Å². The van der Waals surface area contributed by atoms with E-state index in [9.17, 15) is 38.4 Å². The first kappa shape index (κ1) is 83.5. The third-order valence-electron chi connectivity index (χ3n) is 22.3. The van der Waals surface area contributed by atoms with Crippen molar-refractivity contribution in [3.63, 3.8) is 0 Å². The highest BCUT2D eigenvalue weighted by Gasteiger charge is 2.28. The molecular formula is C96H84N20O12. The van der Waals surface area contributed by atoms with E-state index in [-0.39, 0.29) is 47.3 Å². The first-order valence-electron chi connectivity index (χ1n) is 41.0. The van der Waals surface area contributed by atoms with E-state index in [2.05, 4.69) is 86.7 Å². The number of hydrogen-bond donors (Lipinski definition) is 8. The maximum atomic E-state index is 12.2. The first-order chi connectivity index (χ1) is 62.3. The number of benzene rings is 8. The molecule has 0 aliphatic carbocycles. The second-order valence-electron chi connectivity index (χ2n) is 30.1. The van der Waals surface area contributed by atoms with Crippen LogP contribution in [0.5, 0.6) is 23.4 Å². The Labute approximate surface area is 731 Å². The van der Waals surface area contributed by atoms with Gasteiger partial charge in [0.2, 0.25) is 41.3 Å². The number of nitrogens with one attached hydrogen (secondary N) is 8. The molecule has 4 aliphatic rings. The Bertz CT molecular complexity index is 6960. The summed E-state index contributed by atoms with van der Waals surface area (Å²) in [6.07, 6.45) is 9.61. The molecule has 20 rings (SSSR count). The van der Waals surface area contributed by atoms with Crippen LogP contribution in [0, 0.1) is 0 Å². The number of anilines is 4. The number of methoxy groups -OCH3 is 4. The van der Waals surface area contributed by atoms with Crippen molar-refractivity contribution in [1.29, 1.82) is 0 Å². The molecule has 128 heavy (non-hydrogen) atoms. The third-order valence-corrected chi connectivity index (χ3v) is 22.3. The minimum atomic E-state index is -0.175. The van der Waals surface area contributed by atoms with E-state index in [0.717, 1.165) is 101 Å². The molecule has 0 saturated carbocycles. The molecule has 32 heteroatoms. The molecule has 0 unspecified atom stereocenters. The number of aryl methyl sites for hydroxylation is 4. The Kier molecular flexibility index (Phi) is 23.4. The molecule has 0 atom stereocenters. The van der Waals surface area contributed by atoms with Gasteiger partial charge in [-0.3, -0.25) is 61.6 Å². The number of rotatable bonds is 16. The number of carbonyl (C=O) groups is 8. The van der Waals surface area contributed by atoms with Crippen molar-refractivity contribution in [2.45, 2.75) is 51.4 Å². The number of amides is 8. The molecule has 640 valence electrons. The van der Waals surface area contributed by atoms with Crippen LogP contribution in [0.2, 0.25) is 0 Å². The number of carbonyl (C=O) groups excluding carboxylic acids is 8. The average molecular weight is 1710 g/mol. The van der Waals surface area contributed by atoms with Crippen LogP contribution in [0.25, 0.3) is 113 Å². The number of pyridine rings is 4. The number of nitrogens with zero attached hydrogens (tertiary/aromatic N) is 12. The number of hydrogen-bond acceptors (Lipinski definition) is 20. The van der Waals surface area contributed by atoms with E-state index < -0.39 is 0 Å². The van der Waals surface area contributed by atoms with Crippen molar-refractivity contribution >= 4 is 114 Å². The van der Waals surface area contributed by atoms with Crippen LogP contribution in [-0.2, 0) is 44.9 Å². The lowest BCUT2D eigenvalue weighted by atomic mass is 10.0. The Hall–Kier alpha value is -16.8. The van der Waals surface area contributed by atoms with Crippen LogP contribution in [0.4, 0.5) is 22.7 Å². The Morgan fingerprint density at radius 1 is 0.328 bits per heavy atom. The van der Waals surface area contributed by atoms with Crippen molar-refractivity contribution in [2.24, 2.45) is 0 Å². The van der Waals surface area contributed by atoms with Crippen molar-refractivity contribution in [3.8, 4) is 92.0 Å². The highest BCUT2D eigenvalue weighted by atomic mass is 16.5. The largest absolute Gasteiger partial charge is 0.497 e. The van der Waals surface area contributed by atoms with Gasteiger partial charge in [-0.15, -0.1) is 0 Å². The van der Waals surface area contributed by atoms with Gasteiger partial charge in [0.25, 0.3) is 23.6 Å². The van der Waals surface area contributed by atoms with Crippen molar-refractivity contribution < 1.29 is 57.3 Å². The lowest BCUT2D eigenvalue weighted by molar-refractivity contribution is -0.117. The topological polar surface area (TPSA) is 393 Å². The molecule has 12 heterocycles. The molecule has 8 aromatic carbocycles. The smallest absolute Gasteiger partial charge is 0.251 e. The second kappa shape index (κ2) is 35.9. The van der Waals surface area contributed by atoms with E-state index in [4.69, 9.17) is 38.9 Å². The lowest BCUT2D eigenvalue weighted by Gasteiger charge is -2.19. The maximum absolute atomic E-state index is 12.2. The van der Waals surface area contributed by atoms with E-state index in [0.29, 0.717) is 154 Å². The molecule has 8 N–H and O–H groups in total. The van der Waals surface area contributed by atoms with E-state index >= 15 is 0 Å². The Morgan fingerprint density at radius 3 is 1.10 bits per heavy atom. The third kappa shape index (κ3) is 16.8. The molecule has 8 aromatic heterocycles. The summed E-state index contributed by atoms with van der Waals surface area (Å²) >= 11 is 0. The zero-order chi connectivity index (χ0) is 89.0. The molecular weight excluding hydrogens is 1630 g/mol. The summed E-state index contributed by atoms with van der Waals surface area (Å²) in [5.74, 6) is 4.18. The van der Waals surface area contributed by atoms with Crippen LogP contribution in [-0.4, -0.2) is 162 Å². The van der Waals surface area contributed by atoms with Gasteiger partial charge < -0.3 is 61.5 Å². The lowest BCUT2D eigenvalue weighted by Crippen LogP contribution is -2.19. The molecule has 0 bridgehead atoms. The fourth-order valence-electron chi connectivity index (χ4n) is 15.9. The SMILES string of the molecule is CNC(=O)c1ccc2c(c1)nc(-c1cc(OC)ccn1)n2-c1ccc2c(c1)CCC(=O)N2.CNC(=O)c1ccc2c(c1)nc(-c1ccc(OC)nc1)n2-c1ccc2c(c1)CCC(=O)N2.CNC(=O)c1ccc2c(c1)nc(-c1cccc(OC)n1)n2-c1ccc2c(c1)CCC(=O)N2.CNC(=O)c1ccc2c(c1)nc(-c1cccnc1OC)n2-c1ccc2c(c1)CCC(=O)N2. The first-order valence-corrected chi connectivity index (χ1v) is 41.0. The number of aromatic nitrogens is 12. The van der Waals surface area contributed by atoms with E-state index in [1.54, 1.807) is 142 Å². The van der Waals surface area contributed by atoms with Gasteiger partial charge >= 0.3 is 0 Å². The van der Waals surface area contributed by atoms with Crippen molar-refractivity contribution in [1.82, 2.24) is 79.4 Å². The summed E-state index contributed by atoms with van der Waals surface area (Å²) < 4.78 is 29.5. The molecule has 8 amide bonds. The van der Waals surface area contributed by atoms with Gasteiger partial charge in [-0.25, -0.2) is 34.9 Å². The minimum Gasteiger partial charge on any atom is -0.497 e. The Balaban J connectivity index is 0.000000120. The molecule has 0 spiro atoms. The predicted molar refractivity (Wildman–Crippen MR) is 485 cm³/mol. The predicted octanol–water partition coefficient (Wildman–Crippen LogP) is 13.4. The quantitative estimate of drug-likeness (QED) is 0.0445. The molecule has 4 aliphatic heterocycles. The average Bonchev–Trinajstić information content (AvgIpc) is 1.63. The van der Waals surface area contributed by atoms with Gasteiger partial charge in [0.15, 0.2) is 17.5 Å². The Morgan fingerprint density at radius 2 is 0.719 bits per heavy atom. The monoisotopic (exact) mass is 1710 g/mol. The summed E-state index contributed by atoms with van der Waals surface area (Å²) in [6.45, 7) is 0. The fraction of sp³-hybridized carbons (Fsp3) is 0.167. The van der Waals surface area contributed by atoms with Gasteiger partial charge in [0.05, 0.1) is 78.1 Å². The van der Waals surface area contributed by atoms with Gasteiger partial charge in [0, 0.05) is 164 Å². The minimum absolute atomic E-state index is 0.0286. The zero-order valence-electron chi connectivity index (χ0n) is 70.7. The zero-order valence-corrected chi connectivity index (χ0v) is 70.7. The summed E-state index contributed by atoms with van der Waals surface area (Å²) in [5.41, 5.74) is 22.3. The number of imidazole rings is 4. The number of ether oxygens (including phenoxy) is 4. The van der Waals surface area contributed by atoms with Gasteiger partial charge in [-0.1, -0.05) is 6.07 Å². The second-order valence-corrected chi connectivity index (χ2v) is 30.1. The highest BCUT2D eigenvalue weighted by Crippen LogP contribution is 2.40. The summed E-state index contributed by atoms with van der Waals surface area (Å²) in [6, 6.07) is 62.1. The normalized spacial score (nSPS) is 12.9. The van der Waals surface area contributed by atoms with Crippen molar-refractivity contribution in [2.75, 3.05) is 77.9 Å². The molecule has 0 radical (unpaired) electrons. The van der Waals surface area contributed by atoms with Crippen LogP contribution in [0.3, 0.4) is 0 Å². The molecule has 16 aromatic rings. The van der Waals surface area contributed by atoms with Gasteiger partial charge in [-0.2, -0.15) is 0 Å². The summed E-state index contributed by atoms with van der Waals surface area (Å²) in [5, 5.41) is 22.3. The van der Waals surface area contributed by atoms with Crippen LogP contribution < -0.4 is 61.5 Å². The fourth-order valence-corrected chi connectivity index (χ4v) is 15.9.